The number of methoxy groups -OCH3 is 1. The van der Waals surface area contributed by atoms with Gasteiger partial charge in [0.1, 0.15) is 11.2 Å². The second-order valence-electron chi connectivity index (χ2n) is 3.79. The molecule has 0 saturated heterocycles. The Bertz CT molecular complexity index is 431. The van der Waals surface area contributed by atoms with Crippen molar-refractivity contribution in [1.82, 2.24) is 0 Å². The number of nitriles is 1. The van der Waals surface area contributed by atoms with Gasteiger partial charge in [0.2, 0.25) is 0 Å². The summed E-state index contributed by atoms with van der Waals surface area (Å²) in [5.41, 5.74) is 0.982. The summed E-state index contributed by atoms with van der Waals surface area (Å²) in [7, 11) is 1.59. The fourth-order valence-corrected chi connectivity index (χ4v) is 2.70. The van der Waals surface area contributed by atoms with Crippen molar-refractivity contribution < 1.29 is 4.74 Å². The third-order valence-electron chi connectivity index (χ3n) is 2.29. The van der Waals surface area contributed by atoms with Gasteiger partial charge in [0.05, 0.1) is 12.1 Å². The number of ether oxygens (including phenoxy) is 1. The summed E-state index contributed by atoms with van der Waals surface area (Å²) in [6.07, 6.45) is 0.790. The molecule has 17 heavy (non-hydrogen) atoms. The number of hydrogen-bond donors (Lipinski definition) is 0. The van der Waals surface area contributed by atoms with Crippen LogP contribution < -0.4 is 4.74 Å². The normalized spacial score (nSPS) is 11.9. The van der Waals surface area contributed by atoms with E-state index >= 15 is 0 Å². The zero-order chi connectivity index (χ0) is 12.8. The molecule has 0 N–H and O–H groups in total. The Balaban J connectivity index is 2.86. The molecular formula is C12H13Cl2NOS. The van der Waals surface area contributed by atoms with E-state index in [2.05, 4.69) is 12.3 Å². The molecular weight excluding hydrogens is 277 g/mol. The summed E-state index contributed by atoms with van der Waals surface area (Å²) < 4.78 is 5.27. The van der Waals surface area contributed by atoms with Crippen LogP contribution in [0.5, 0.6) is 5.75 Å². The SMILES string of the molecule is COc1c(Cl)cc(Cl)cc1CC(C)CSC#N. The molecule has 0 radical (unpaired) electrons. The molecule has 92 valence electrons. The monoisotopic (exact) mass is 289 g/mol. The van der Waals surface area contributed by atoms with Gasteiger partial charge in [-0.25, -0.2) is 0 Å². The smallest absolute Gasteiger partial charge is 0.140 e. The van der Waals surface area contributed by atoms with Crippen molar-refractivity contribution in [2.24, 2.45) is 5.92 Å². The van der Waals surface area contributed by atoms with Crippen molar-refractivity contribution >= 4 is 35.0 Å². The number of hydrogen-bond acceptors (Lipinski definition) is 3. The second-order valence-corrected chi connectivity index (χ2v) is 5.44. The molecule has 1 aromatic carbocycles. The molecule has 0 saturated carbocycles. The highest BCUT2D eigenvalue weighted by Crippen LogP contribution is 2.33. The Morgan fingerprint density at radius 3 is 2.76 bits per heavy atom. The van der Waals surface area contributed by atoms with Crippen molar-refractivity contribution in [2.75, 3.05) is 12.9 Å². The van der Waals surface area contributed by atoms with E-state index in [0.717, 1.165) is 17.7 Å². The van der Waals surface area contributed by atoms with Crippen LogP contribution in [-0.2, 0) is 6.42 Å². The third kappa shape index (κ3) is 4.31. The highest BCUT2D eigenvalue weighted by Gasteiger charge is 2.13. The Hall–Kier alpha value is -0.560. The molecule has 1 atom stereocenters. The Morgan fingerprint density at radius 1 is 1.47 bits per heavy atom. The summed E-state index contributed by atoms with van der Waals surface area (Å²) in [6.45, 7) is 2.08. The highest BCUT2D eigenvalue weighted by molar-refractivity contribution is 8.03. The van der Waals surface area contributed by atoms with E-state index in [-0.39, 0.29) is 0 Å². The molecule has 0 aromatic heterocycles. The van der Waals surface area contributed by atoms with E-state index in [1.54, 1.807) is 13.2 Å². The van der Waals surface area contributed by atoms with Gasteiger partial charge in [-0.15, -0.1) is 0 Å². The highest BCUT2D eigenvalue weighted by atomic mass is 35.5. The lowest BCUT2D eigenvalue weighted by atomic mass is 10.0. The van der Waals surface area contributed by atoms with E-state index in [1.807, 2.05) is 6.07 Å². The van der Waals surface area contributed by atoms with Crippen LogP contribution in [0.15, 0.2) is 12.1 Å². The summed E-state index contributed by atoms with van der Waals surface area (Å²) >= 11 is 13.3. The lowest BCUT2D eigenvalue weighted by Crippen LogP contribution is -2.04. The average molecular weight is 290 g/mol. The molecule has 0 heterocycles. The minimum atomic E-state index is 0.364. The van der Waals surface area contributed by atoms with Crippen molar-refractivity contribution in [3.63, 3.8) is 0 Å². The maximum absolute atomic E-state index is 8.52. The summed E-state index contributed by atoms with van der Waals surface area (Å²) in [5.74, 6) is 1.82. The molecule has 5 heteroatoms. The average Bonchev–Trinajstić information content (AvgIpc) is 2.25. The van der Waals surface area contributed by atoms with Crippen LogP contribution in [-0.4, -0.2) is 12.9 Å². The maximum atomic E-state index is 8.52. The Labute approximate surface area is 116 Å². The number of thiocyanates is 1. The van der Waals surface area contributed by atoms with E-state index < -0.39 is 0 Å². The summed E-state index contributed by atoms with van der Waals surface area (Å²) in [5, 5.41) is 11.7. The van der Waals surface area contributed by atoms with Crippen molar-refractivity contribution in [1.29, 1.82) is 5.26 Å². The second kappa shape index (κ2) is 7.00. The fourth-order valence-electron chi connectivity index (χ4n) is 1.61. The van der Waals surface area contributed by atoms with Crippen LogP contribution in [0.3, 0.4) is 0 Å². The van der Waals surface area contributed by atoms with Gasteiger partial charge in [0, 0.05) is 10.8 Å². The van der Waals surface area contributed by atoms with Crippen molar-refractivity contribution in [3.05, 3.63) is 27.7 Å². The van der Waals surface area contributed by atoms with Gasteiger partial charge in [0.25, 0.3) is 0 Å². The summed E-state index contributed by atoms with van der Waals surface area (Å²) in [6, 6.07) is 3.53. The van der Waals surface area contributed by atoms with Gasteiger partial charge in [0.15, 0.2) is 0 Å². The molecule has 1 unspecified atom stereocenters. The Kier molecular flexibility index (Phi) is 5.97. The molecule has 0 amide bonds. The molecule has 1 aromatic rings. The Morgan fingerprint density at radius 2 is 2.18 bits per heavy atom. The molecule has 0 fully saturated rings. The van der Waals surface area contributed by atoms with Crippen molar-refractivity contribution in [3.8, 4) is 11.2 Å². The molecule has 2 nitrogen and oxygen atoms in total. The first-order valence-corrected chi connectivity index (χ1v) is 6.85. The zero-order valence-corrected chi connectivity index (χ0v) is 12.0. The van der Waals surface area contributed by atoms with Gasteiger partial charge in [-0.1, -0.05) is 30.1 Å². The predicted octanol–water partition coefficient (Wildman–Crippen LogP) is 4.39. The van der Waals surface area contributed by atoms with Gasteiger partial charge in [-0.05, 0) is 41.8 Å². The van der Waals surface area contributed by atoms with Crippen LogP contribution in [0.4, 0.5) is 0 Å². The molecule has 0 bridgehead atoms. The van der Waals surface area contributed by atoms with Gasteiger partial charge in [-0.3, -0.25) is 0 Å². The lowest BCUT2D eigenvalue weighted by Gasteiger charge is -2.14. The molecule has 1 rings (SSSR count). The standard InChI is InChI=1S/C12H13Cl2NOS/c1-8(6-17-7-15)3-9-4-10(13)5-11(14)12(9)16-2/h4-5,8H,3,6H2,1-2H3. The van der Waals surface area contributed by atoms with E-state index in [1.165, 1.54) is 11.8 Å². The topological polar surface area (TPSA) is 33.0 Å². The maximum Gasteiger partial charge on any atom is 0.140 e. The first kappa shape index (κ1) is 14.5. The van der Waals surface area contributed by atoms with Gasteiger partial charge in [-0.2, -0.15) is 5.26 Å². The number of nitrogens with zero attached hydrogens (tertiary/aromatic N) is 1. The van der Waals surface area contributed by atoms with E-state index in [0.29, 0.717) is 21.7 Å². The first-order valence-electron chi connectivity index (χ1n) is 5.11. The third-order valence-corrected chi connectivity index (χ3v) is 3.65. The molecule has 0 aliphatic rings. The molecule has 0 spiro atoms. The largest absolute Gasteiger partial charge is 0.495 e. The lowest BCUT2D eigenvalue weighted by molar-refractivity contribution is 0.407. The number of halogens is 2. The summed E-state index contributed by atoms with van der Waals surface area (Å²) in [4.78, 5) is 0. The van der Waals surface area contributed by atoms with Crippen LogP contribution in [0.25, 0.3) is 0 Å². The fraction of sp³-hybridized carbons (Fsp3) is 0.417. The first-order chi connectivity index (χ1) is 8.08. The van der Waals surface area contributed by atoms with Crippen LogP contribution in [0.2, 0.25) is 10.0 Å². The number of thioether (sulfide) groups is 1. The predicted molar refractivity (Wildman–Crippen MR) is 74.0 cm³/mol. The molecule has 0 aliphatic heterocycles. The molecule has 0 aliphatic carbocycles. The van der Waals surface area contributed by atoms with Crippen LogP contribution >= 0.6 is 35.0 Å². The van der Waals surface area contributed by atoms with Crippen LogP contribution in [0, 0.1) is 16.6 Å². The van der Waals surface area contributed by atoms with Gasteiger partial charge < -0.3 is 4.74 Å². The van der Waals surface area contributed by atoms with Crippen molar-refractivity contribution in [2.45, 2.75) is 13.3 Å². The quantitative estimate of drug-likeness (QED) is 0.754. The minimum Gasteiger partial charge on any atom is -0.495 e. The minimum absolute atomic E-state index is 0.364. The number of rotatable bonds is 5. The zero-order valence-electron chi connectivity index (χ0n) is 9.67. The van der Waals surface area contributed by atoms with Crippen LogP contribution in [0.1, 0.15) is 12.5 Å². The van der Waals surface area contributed by atoms with E-state index in [9.17, 15) is 0 Å². The van der Waals surface area contributed by atoms with Gasteiger partial charge >= 0.3 is 0 Å². The number of benzene rings is 1. The van der Waals surface area contributed by atoms with E-state index in [4.69, 9.17) is 33.2 Å².